The zero-order valence-corrected chi connectivity index (χ0v) is 13.6. The molecule has 21 heavy (non-hydrogen) atoms. The molecule has 0 aromatic heterocycles. The number of halogens is 1. The third kappa shape index (κ3) is 3.61. The molecular formula is C18H27ClN2. The zero-order valence-electron chi connectivity index (χ0n) is 12.9. The Balaban J connectivity index is 1.47. The quantitative estimate of drug-likeness (QED) is 0.894. The van der Waals surface area contributed by atoms with Crippen LogP contribution in [0.4, 0.5) is 0 Å². The van der Waals surface area contributed by atoms with E-state index in [0.717, 1.165) is 23.6 Å². The minimum absolute atomic E-state index is 0.0565. The number of likely N-dealkylation sites (tertiary alicyclic amines) is 1. The van der Waals surface area contributed by atoms with Gasteiger partial charge < -0.3 is 10.6 Å². The molecule has 1 saturated carbocycles. The summed E-state index contributed by atoms with van der Waals surface area (Å²) in [5.74, 6) is 0. The van der Waals surface area contributed by atoms with Gasteiger partial charge in [-0.25, -0.2) is 0 Å². The Bertz CT molecular complexity index is 458. The highest BCUT2D eigenvalue weighted by Gasteiger charge is 2.36. The molecule has 1 aliphatic heterocycles. The van der Waals surface area contributed by atoms with Gasteiger partial charge in [0, 0.05) is 11.1 Å². The van der Waals surface area contributed by atoms with Crippen LogP contribution in [0.2, 0.25) is 5.02 Å². The normalized spacial score (nSPS) is 23.5. The van der Waals surface area contributed by atoms with E-state index in [2.05, 4.69) is 11.0 Å². The highest BCUT2D eigenvalue weighted by molar-refractivity contribution is 6.31. The summed E-state index contributed by atoms with van der Waals surface area (Å²) in [6, 6.07) is 8.02. The monoisotopic (exact) mass is 306 g/mol. The van der Waals surface area contributed by atoms with Crippen LogP contribution in [0, 0.1) is 5.41 Å². The Labute approximate surface area is 133 Å². The molecule has 1 atom stereocenters. The molecule has 1 unspecified atom stereocenters. The molecule has 1 heterocycles. The van der Waals surface area contributed by atoms with Crippen LogP contribution in [-0.4, -0.2) is 24.5 Å². The van der Waals surface area contributed by atoms with Crippen molar-refractivity contribution in [2.45, 2.75) is 51.0 Å². The molecule has 1 aromatic rings. The first kappa shape index (κ1) is 15.3. The maximum absolute atomic E-state index is 6.32. The highest BCUT2D eigenvalue weighted by atomic mass is 35.5. The Kier molecular flexibility index (Phi) is 4.88. The van der Waals surface area contributed by atoms with E-state index in [4.69, 9.17) is 17.3 Å². The summed E-state index contributed by atoms with van der Waals surface area (Å²) in [6.07, 6.45) is 9.65. The molecule has 2 N–H and O–H groups in total. The number of nitrogens with two attached hydrogens (primary N) is 1. The van der Waals surface area contributed by atoms with Crippen LogP contribution < -0.4 is 5.73 Å². The van der Waals surface area contributed by atoms with Crippen molar-refractivity contribution in [1.82, 2.24) is 4.90 Å². The predicted molar refractivity (Wildman–Crippen MR) is 89.6 cm³/mol. The number of benzene rings is 1. The first-order valence-electron chi connectivity index (χ1n) is 8.41. The summed E-state index contributed by atoms with van der Waals surface area (Å²) in [5.41, 5.74) is 8.11. The van der Waals surface area contributed by atoms with Crippen molar-refractivity contribution < 1.29 is 0 Å². The summed E-state index contributed by atoms with van der Waals surface area (Å²) in [5, 5.41) is 0.800. The van der Waals surface area contributed by atoms with Crippen LogP contribution >= 0.6 is 11.6 Å². The molecule has 0 amide bonds. The van der Waals surface area contributed by atoms with E-state index in [9.17, 15) is 0 Å². The van der Waals surface area contributed by atoms with Crippen molar-refractivity contribution in [3.05, 3.63) is 34.9 Å². The van der Waals surface area contributed by atoms with E-state index in [-0.39, 0.29) is 6.04 Å². The fourth-order valence-electron chi connectivity index (χ4n) is 4.13. The smallest absolute Gasteiger partial charge is 0.0453 e. The van der Waals surface area contributed by atoms with E-state index >= 15 is 0 Å². The van der Waals surface area contributed by atoms with Gasteiger partial charge in [-0.3, -0.25) is 0 Å². The number of nitrogens with zero attached hydrogens (tertiary/aromatic N) is 1. The van der Waals surface area contributed by atoms with E-state index < -0.39 is 0 Å². The molecular weight excluding hydrogens is 280 g/mol. The minimum atomic E-state index is 0.0565. The van der Waals surface area contributed by atoms with E-state index in [1.807, 2.05) is 18.2 Å². The van der Waals surface area contributed by atoms with Crippen LogP contribution in [-0.2, 0) is 0 Å². The first-order valence-corrected chi connectivity index (χ1v) is 8.79. The van der Waals surface area contributed by atoms with Crippen LogP contribution in [0.25, 0.3) is 0 Å². The fraction of sp³-hybridized carbons (Fsp3) is 0.667. The van der Waals surface area contributed by atoms with Crippen molar-refractivity contribution in [2.24, 2.45) is 11.1 Å². The van der Waals surface area contributed by atoms with Crippen molar-refractivity contribution >= 4 is 11.6 Å². The molecule has 1 aliphatic carbocycles. The van der Waals surface area contributed by atoms with E-state index in [0.29, 0.717) is 5.41 Å². The molecule has 116 valence electrons. The summed E-state index contributed by atoms with van der Waals surface area (Å²) in [7, 11) is 0. The van der Waals surface area contributed by atoms with Gasteiger partial charge >= 0.3 is 0 Å². The van der Waals surface area contributed by atoms with Gasteiger partial charge in [0.1, 0.15) is 0 Å². The molecule has 1 saturated heterocycles. The second-order valence-electron chi connectivity index (χ2n) is 6.97. The Hall–Kier alpha value is -0.570. The van der Waals surface area contributed by atoms with Gasteiger partial charge in [-0.05, 0) is 68.8 Å². The lowest BCUT2D eigenvalue weighted by Crippen LogP contribution is -2.39. The first-order chi connectivity index (χ1) is 10.2. The van der Waals surface area contributed by atoms with Crippen LogP contribution in [0.5, 0.6) is 0 Å². The SMILES string of the molecule is NC(CCN1CCC2(CCCC2)CC1)c1ccccc1Cl. The minimum Gasteiger partial charge on any atom is -0.324 e. The van der Waals surface area contributed by atoms with Gasteiger partial charge in [-0.1, -0.05) is 42.6 Å². The molecule has 1 aromatic carbocycles. The van der Waals surface area contributed by atoms with E-state index in [1.54, 1.807) is 0 Å². The standard InChI is InChI=1S/C18H27ClN2/c19-16-6-2-1-5-15(16)17(20)7-12-21-13-10-18(11-14-21)8-3-4-9-18/h1-2,5-6,17H,3-4,7-14,20H2. The Morgan fingerprint density at radius 1 is 1.10 bits per heavy atom. The molecule has 2 fully saturated rings. The van der Waals surface area contributed by atoms with Crippen LogP contribution in [0.3, 0.4) is 0 Å². The summed E-state index contributed by atoms with van der Waals surface area (Å²) in [4.78, 5) is 2.60. The molecule has 2 aliphatic rings. The number of rotatable bonds is 4. The van der Waals surface area contributed by atoms with Gasteiger partial charge in [0.05, 0.1) is 0 Å². The molecule has 1 spiro atoms. The molecule has 0 radical (unpaired) electrons. The average Bonchev–Trinajstić information content (AvgIpc) is 2.95. The third-order valence-corrected chi connectivity index (χ3v) is 5.99. The fourth-order valence-corrected chi connectivity index (χ4v) is 4.40. The predicted octanol–water partition coefficient (Wildman–Crippen LogP) is 4.39. The summed E-state index contributed by atoms with van der Waals surface area (Å²) >= 11 is 6.23. The van der Waals surface area contributed by atoms with Crippen molar-refractivity contribution in [1.29, 1.82) is 0 Å². The molecule has 2 nitrogen and oxygen atoms in total. The maximum atomic E-state index is 6.32. The Morgan fingerprint density at radius 3 is 2.43 bits per heavy atom. The van der Waals surface area contributed by atoms with Crippen molar-refractivity contribution in [3.63, 3.8) is 0 Å². The van der Waals surface area contributed by atoms with Crippen LogP contribution in [0.1, 0.15) is 56.6 Å². The summed E-state index contributed by atoms with van der Waals surface area (Å²) in [6.45, 7) is 3.62. The number of hydrogen-bond acceptors (Lipinski definition) is 2. The lowest BCUT2D eigenvalue weighted by Gasteiger charge is -2.39. The van der Waals surface area contributed by atoms with Gasteiger partial charge in [0.2, 0.25) is 0 Å². The number of piperidine rings is 1. The van der Waals surface area contributed by atoms with Crippen molar-refractivity contribution in [3.8, 4) is 0 Å². The van der Waals surface area contributed by atoms with Crippen molar-refractivity contribution in [2.75, 3.05) is 19.6 Å². The number of hydrogen-bond donors (Lipinski definition) is 1. The average molecular weight is 307 g/mol. The molecule has 3 rings (SSSR count). The maximum Gasteiger partial charge on any atom is 0.0453 e. The van der Waals surface area contributed by atoms with Gasteiger partial charge in [0.15, 0.2) is 0 Å². The van der Waals surface area contributed by atoms with Gasteiger partial charge in [-0.2, -0.15) is 0 Å². The largest absolute Gasteiger partial charge is 0.324 e. The topological polar surface area (TPSA) is 29.3 Å². The third-order valence-electron chi connectivity index (χ3n) is 5.64. The lowest BCUT2D eigenvalue weighted by molar-refractivity contribution is 0.106. The van der Waals surface area contributed by atoms with Gasteiger partial charge in [-0.15, -0.1) is 0 Å². The lowest BCUT2D eigenvalue weighted by atomic mass is 9.77. The Morgan fingerprint density at radius 2 is 1.76 bits per heavy atom. The molecule has 0 bridgehead atoms. The van der Waals surface area contributed by atoms with E-state index in [1.165, 1.54) is 51.6 Å². The van der Waals surface area contributed by atoms with Crippen LogP contribution in [0.15, 0.2) is 24.3 Å². The second kappa shape index (κ2) is 6.68. The summed E-state index contributed by atoms with van der Waals surface area (Å²) < 4.78 is 0. The van der Waals surface area contributed by atoms with Gasteiger partial charge in [0.25, 0.3) is 0 Å². The highest BCUT2D eigenvalue weighted by Crippen LogP contribution is 2.46. The molecule has 3 heteroatoms. The zero-order chi connectivity index (χ0) is 14.7. The second-order valence-corrected chi connectivity index (χ2v) is 7.37.